The maximum Gasteiger partial charge on any atom is 0.432 e. The molecule has 0 aliphatic carbocycles. The van der Waals surface area contributed by atoms with Gasteiger partial charge in [0.25, 0.3) is 5.60 Å². The molecule has 3 rings (SSSR count). The number of methoxy groups -OCH3 is 1. The van der Waals surface area contributed by atoms with Gasteiger partial charge in [-0.05, 0) is 25.0 Å². The molecular formula is C34H33F3O7. The minimum atomic E-state index is -5.26. The number of hydrogen-bond acceptors (Lipinski definition) is 7. The maximum absolute atomic E-state index is 14.6. The van der Waals surface area contributed by atoms with E-state index in [0.29, 0.717) is 11.1 Å². The minimum absolute atomic E-state index is 0.141. The molecule has 0 unspecified atom stereocenters. The topological polar surface area (TPSA) is 88.1 Å². The molecule has 0 aliphatic heterocycles. The molecule has 7 nitrogen and oxygen atoms in total. The van der Waals surface area contributed by atoms with Gasteiger partial charge in [-0.25, -0.2) is 14.4 Å². The van der Waals surface area contributed by atoms with Crippen molar-refractivity contribution in [3.8, 4) is 0 Å². The Morgan fingerprint density at radius 1 is 0.773 bits per heavy atom. The molecule has 0 N–H and O–H groups in total. The lowest BCUT2D eigenvalue weighted by Crippen LogP contribution is -2.52. The van der Waals surface area contributed by atoms with Gasteiger partial charge < -0.3 is 18.9 Å². The minimum Gasteiger partial charge on any atom is -0.457 e. The number of carbonyl (C=O) groups is 3. The first kappa shape index (κ1) is 33.8. The number of alkyl halides is 3. The number of allylic oxidation sites excluding steroid dienone is 1. The van der Waals surface area contributed by atoms with E-state index < -0.39 is 46.9 Å². The fourth-order valence-corrected chi connectivity index (χ4v) is 4.35. The van der Waals surface area contributed by atoms with E-state index in [1.54, 1.807) is 73.7 Å². The van der Waals surface area contributed by atoms with Gasteiger partial charge in [0.2, 0.25) is 0 Å². The Labute approximate surface area is 253 Å². The van der Waals surface area contributed by atoms with E-state index in [1.807, 2.05) is 0 Å². The molecule has 0 fully saturated rings. The van der Waals surface area contributed by atoms with Gasteiger partial charge in [-0.1, -0.05) is 103 Å². The van der Waals surface area contributed by atoms with Crippen LogP contribution in [0, 0.1) is 0 Å². The van der Waals surface area contributed by atoms with Crippen molar-refractivity contribution in [2.24, 2.45) is 0 Å². The average molecular weight is 611 g/mol. The Morgan fingerprint density at radius 2 is 1.25 bits per heavy atom. The van der Waals surface area contributed by atoms with Crippen LogP contribution >= 0.6 is 0 Å². The Bertz CT molecular complexity index is 1450. The molecule has 2 atom stereocenters. The lowest BCUT2D eigenvalue weighted by Gasteiger charge is -2.34. The normalized spacial score (nSPS) is 14.2. The molecule has 0 aliphatic rings. The summed E-state index contributed by atoms with van der Waals surface area (Å²) in [5.74, 6) is -3.84. The van der Waals surface area contributed by atoms with Crippen LogP contribution in [0.3, 0.4) is 0 Å². The van der Waals surface area contributed by atoms with Crippen LogP contribution in [0.2, 0.25) is 0 Å². The van der Waals surface area contributed by atoms with Gasteiger partial charge in [0.05, 0.1) is 5.57 Å². The van der Waals surface area contributed by atoms with Crippen LogP contribution in [0.25, 0.3) is 0 Å². The lowest BCUT2D eigenvalue weighted by molar-refractivity contribution is -0.277. The molecule has 3 aromatic rings. The van der Waals surface area contributed by atoms with Gasteiger partial charge in [0.15, 0.2) is 0 Å². The molecule has 0 heterocycles. The zero-order chi connectivity index (χ0) is 32.2. The average Bonchev–Trinajstić information content (AvgIpc) is 3.02. The molecule has 232 valence electrons. The van der Waals surface area contributed by atoms with Crippen molar-refractivity contribution < 1.29 is 46.5 Å². The number of rotatable bonds is 13. The predicted octanol–water partition coefficient (Wildman–Crippen LogP) is 6.77. The highest BCUT2D eigenvalue weighted by Gasteiger charge is 2.64. The Balaban J connectivity index is 2.05. The van der Waals surface area contributed by atoms with E-state index in [0.717, 1.165) is 19.2 Å². The first-order valence-electron chi connectivity index (χ1n) is 13.7. The molecule has 0 saturated heterocycles. The van der Waals surface area contributed by atoms with E-state index in [-0.39, 0.29) is 25.2 Å². The second kappa shape index (κ2) is 15.7. The van der Waals surface area contributed by atoms with Crippen LogP contribution < -0.4 is 0 Å². The third-order valence-electron chi connectivity index (χ3n) is 6.69. The highest BCUT2D eigenvalue weighted by atomic mass is 19.4. The van der Waals surface area contributed by atoms with Crippen LogP contribution in [0.4, 0.5) is 13.2 Å². The smallest absolute Gasteiger partial charge is 0.432 e. The quantitative estimate of drug-likeness (QED) is 0.0914. The maximum atomic E-state index is 14.6. The summed E-state index contributed by atoms with van der Waals surface area (Å²) in [6.45, 7) is 2.54. The highest BCUT2D eigenvalue weighted by Crippen LogP contribution is 2.43. The van der Waals surface area contributed by atoms with Gasteiger partial charge in [0, 0.05) is 24.7 Å². The van der Waals surface area contributed by atoms with E-state index in [2.05, 4.69) is 0 Å². The number of halogens is 3. The number of carbonyl (C=O) groups excluding carboxylic acids is 3. The van der Waals surface area contributed by atoms with Gasteiger partial charge in [-0.2, -0.15) is 13.2 Å². The van der Waals surface area contributed by atoms with Crippen molar-refractivity contribution in [3.05, 3.63) is 131 Å². The molecule has 0 spiro atoms. The fraction of sp³-hybridized carbons (Fsp3) is 0.265. The second-order valence-electron chi connectivity index (χ2n) is 9.61. The van der Waals surface area contributed by atoms with Gasteiger partial charge >= 0.3 is 24.1 Å². The summed E-state index contributed by atoms with van der Waals surface area (Å²) in [5.41, 5.74) is -3.53. The molecule has 10 heteroatoms. The zero-order valence-electron chi connectivity index (χ0n) is 24.5. The largest absolute Gasteiger partial charge is 0.457 e. The van der Waals surface area contributed by atoms with E-state index in [1.165, 1.54) is 31.2 Å². The van der Waals surface area contributed by atoms with Crippen molar-refractivity contribution in [3.63, 3.8) is 0 Å². The van der Waals surface area contributed by atoms with Gasteiger partial charge in [-0.15, -0.1) is 0 Å². The number of ether oxygens (including phenoxy) is 4. The van der Waals surface area contributed by atoms with E-state index >= 15 is 0 Å². The van der Waals surface area contributed by atoms with Gasteiger partial charge in [-0.3, -0.25) is 0 Å². The summed E-state index contributed by atoms with van der Waals surface area (Å²) in [6, 6.07) is 23.6. The Kier molecular flexibility index (Phi) is 12.0. The summed E-state index contributed by atoms with van der Waals surface area (Å²) in [4.78, 5) is 40.3. The standard InChI is InChI=1S/C34H33F3O7/c1-4-5-21-28(44-32(40)33(41-3,34(35,36)37)27-19-13-8-14-20-27)29(31(39)43-23-26-17-11-7-12-18-26)24(2)30(38)42-22-25-15-9-6-10-16-25/h4-20,28H,21-23H2,1-3H3/b5-4+,29-24-/t28-,33-/m1/s1. The van der Waals surface area contributed by atoms with Crippen molar-refractivity contribution in [1.29, 1.82) is 0 Å². The summed E-state index contributed by atoms with van der Waals surface area (Å²) in [7, 11) is 0.736. The summed E-state index contributed by atoms with van der Waals surface area (Å²) >= 11 is 0. The van der Waals surface area contributed by atoms with E-state index in [9.17, 15) is 27.6 Å². The molecule has 0 saturated carbocycles. The van der Waals surface area contributed by atoms with Gasteiger partial charge in [0.1, 0.15) is 19.3 Å². The first-order chi connectivity index (χ1) is 21.0. The third kappa shape index (κ3) is 8.23. The predicted molar refractivity (Wildman–Crippen MR) is 156 cm³/mol. The van der Waals surface area contributed by atoms with Crippen LogP contribution in [-0.2, 0) is 52.1 Å². The molecule has 0 amide bonds. The zero-order valence-corrected chi connectivity index (χ0v) is 24.5. The second-order valence-corrected chi connectivity index (χ2v) is 9.61. The van der Waals surface area contributed by atoms with E-state index in [4.69, 9.17) is 18.9 Å². The SMILES string of the molecule is C/C=C/C[C@@H](OC(=O)[C@](OC)(c1ccccc1)C(F)(F)F)/C(C(=O)OCc1ccccc1)=C(\C)C(=O)OCc1ccccc1. The molecular weight excluding hydrogens is 577 g/mol. The third-order valence-corrected chi connectivity index (χ3v) is 6.69. The summed E-state index contributed by atoms with van der Waals surface area (Å²) < 4.78 is 65.0. The number of benzene rings is 3. The molecule has 44 heavy (non-hydrogen) atoms. The molecule has 3 aromatic carbocycles. The Morgan fingerprint density at radius 3 is 1.70 bits per heavy atom. The van der Waals surface area contributed by atoms with Crippen LogP contribution in [0.15, 0.2) is 114 Å². The van der Waals surface area contributed by atoms with Crippen molar-refractivity contribution in [2.45, 2.75) is 51.4 Å². The molecule has 0 aromatic heterocycles. The molecule has 0 bridgehead atoms. The van der Waals surface area contributed by atoms with Crippen molar-refractivity contribution in [1.82, 2.24) is 0 Å². The van der Waals surface area contributed by atoms with Crippen LogP contribution in [-0.4, -0.2) is 37.3 Å². The van der Waals surface area contributed by atoms with Crippen molar-refractivity contribution >= 4 is 17.9 Å². The number of esters is 3. The van der Waals surface area contributed by atoms with Crippen LogP contribution in [0.5, 0.6) is 0 Å². The lowest BCUT2D eigenvalue weighted by atomic mass is 9.92. The van der Waals surface area contributed by atoms with Crippen molar-refractivity contribution in [2.75, 3.05) is 7.11 Å². The number of hydrogen-bond donors (Lipinski definition) is 0. The van der Waals surface area contributed by atoms with Crippen LogP contribution in [0.1, 0.15) is 37.0 Å². The molecule has 0 radical (unpaired) electrons. The monoisotopic (exact) mass is 610 g/mol. The Hall–Kier alpha value is -4.70. The fourth-order valence-electron chi connectivity index (χ4n) is 4.35. The highest BCUT2D eigenvalue weighted by molar-refractivity contribution is 6.01. The summed E-state index contributed by atoms with van der Waals surface area (Å²) in [6.07, 6.45) is -4.15. The first-order valence-corrected chi connectivity index (χ1v) is 13.7. The summed E-state index contributed by atoms with van der Waals surface area (Å²) in [5, 5.41) is 0.